The van der Waals surface area contributed by atoms with Crippen molar-refractivity contribution in [3.05, 3.63) is 0 Å². The second-order valence-corrected chi connectivity index (χ2v) is 3.31. The van der Waals surface area contributed by atoms with Crippen molar-refractivity contribution in [3.63, 3.8) is 0 Å². The van der Waals surface area contributed by atoms with Gasteiger partial charge < -0.3 is 29.9 Å². The van der Waals surface area contributed by atoms with Crippen LogP contribution in [0.5, 0.6) is 0 Å². The quantitative estimate of drug-likeness (QED) is 0.289. The fourth-order valence-electron chi connectivity index (χ4n) is 0.758. The van der Waals surface area contributed by atoms with Gasteiger partial charge in [-0.3, -0.25) is 0 Å². The zero-order valence-electron chi connectivity index (χ0n) is 10.0. The lowest BCUT2D eigenvalue weighted by Crippen LogP contribution is -2.19. The van der Waals surface area contributed by atoms with Crippen molar-refractivity contribution < 1.29 is 29.9 Å². The summed E-state index contributed by atoms with van der Waals surface area (Å²) in [6, 6.07) is 0. The summed E-state index contributed by atoms with van der Waals surface area (Å²) in [5.41, 5.74) is 0. The number of aliphatic hydroxyl groups is 4. The van der Waals surface area contributed by atoms with Gasteiger partial charge in [-0.25, -0.2) is 0 Å². The van der Waals surface area contributed by atoms with Crippen molar-refractivity contribution in [2.24, 2.45) is 0 Å². The minimum absolute atomic E-state index is 0.0285. The summed E-state index contributed by atoms with van der Waals surface area (Å²) < 4.78 is 9.83. The Bertz CT molecular complexity index is 276. The van der Waals surface area contributed by atoms with Crippen LogP contribution in [0.1, 0.15) is 0 Å². The lowest BCUT2D eigenvalue weighted by molar-refractivity contribution is 0.0163. The predicted octanol–water partition coefficient (Wildman–Crippen LogP) is -2.27. The van der Waals surface area contributed by atoms with E-state index in [-0.39, 0.29) is 39.6 Å². The van der Waals surface area contributed by atoms with Gasteiger partial charge in [-0.1, -0.05) is 11.8 Å². The zero-order chi connectivity index (χ0) is 13.6. The monoisotopic (exact) mass is 258 g/mol. The molecule has 0 aliphatic rings. The van der Waals surface area contributed by atoms with Gasteiger partial charge >= 0.3 is 0 Å². The van der Waals surface area contributed by atoms with E-state index in [0.717, 1.165) is 0 Å². The van der Waals surface area contributed by atoms with E-state index in [1.807, 2.05) is 0 Å². The highest BCUT2D eigenvalue weighted by atomic mass is 16.5. The van der Waals surface area contributed by atoms with Crippen molar-refractivity contribution in [2.75, 3.05) is 39.6 Å². The molecule has 2 unspecified atom stereocenters. The first-order chi connectivity index (χ1) is 8.70. The molecule has 0 rings (SSSR count). The summed E-state index contributed by atoms with van der Waals surface area (Å²) in [6.45, 7) is -0.387. The third-order valence-corrected chi connectivity index (χ3v) is 1.63. The van der Waals surface area contributed by atoms with E-state index in [1.54, 1.807) is 0 Å². The van der Waals surface area contributed by atoms with Crippen molar-refractivity contribution in [3.8, 4) is 23.7 Å². The van der Waals surface area contributed by atoms with Gasteiger partial charge in [0.2, 0.25) is 0 Å². The van der Waals surface area contributed by atoms with Crippen LogP contribution in [-0.2, 0) is 9.47 Å². The Balaban J connectivity index is 3.47. The number of ether oxygens (including phenoxy) is 2. The Morgan fingerprint density at radius 2 is 1.17 bits per heavy atom. The topological polar surface area (TPSA) is 99.4 Å². The maximum atomic E-state index is 8.92. The van der Waals surface area contributed by atoms with Gasteiger partial charge in [-0.2, -0.15) is 0 Å². The van der Waals surface area contributed by atoms with Crippen molar-refractivity contribution in [2.45, 2.75) is 12.2 Å². The van der Waals surface area contributed by atoms with Crippen LogP contribution in [0, 0.1) is 23.7 Å². The van der Waals surface area contributed by atoms with Crippen LogP contribution in [0.2, 0.25) is 0 Å². The zero-order valence-corrected chi connectivity index (χ0v) is 10.0. The van der Waals surface area contributed by atoms with Crippen LogP contribution in [0.3, 0.4) is 0 Å². The average Bonchev–Trinajstić information content (AvgIpc) is 2.40. The first-order valence-electron chi connectivity index (χ1n) is 5.39. The maximum absolute atomic E-state index is 8.92. The van der Waals surface area contributed by atoms with E-state index in [4.69, 9.17) is 29.9 Å². The Morgan fingerprint density at radius 3 is 1.50 bits per heavy atom. The van der Waals surface area contributed by atoms with Gasteiger partial charge in [-0.15, -0.1) is 0 Å². The predicted molar refractivity (Wildman–Crippen MR) is 63.4 cm³/mol. The van der Waals surface area contributed by atoms with E-state index < -0.39 is 12.2 Å². The molecule has 0 aromatic carbocycles. The van der Waals surface area contributed by atoms with E-state index >= 15 is 0 Å². The lowest BCUT2D eigenvalue weighted by Gasteiger charge is -2.04. The SMILES string of the molecule is OCC(O)COCC#CC#CCOCC(O)CO. The summed E-state index contributed by atoms with van der Waals surface area (Å²) in [5, 5.41) is 34.8. The van der Waals surface area contributed by atoms with Crippen molar-refractivity contribution in [1.82, 2.24) is 0 Å². The number of hydrogen-bond acceptors (Lipinski definition) is 6. The van der Waals surface area contributed by atoms with E-state index in [1.165, 1.54) is 0 Å². The minimum atomic E-state index is -0.885. The minimum Gasteiger partial charge on any atom is -0.394 e. The molecular formula is C12H18O6. The van der Waals surface area contributed by atoms with Crippen LogP contribution in [0.15, 0.2) is 0 Å². The molecule has 0 saturated heterocycles. The summed E-state index contributed by atoms with van der Waals surface area (Å²) in [5.74, 6) is 10.2. The Hall–Kier alpha value is -1.12. The first kappa shape index (κ1) is 16.9. The van der Waals surface area contributed by atoms with Gasteiger partial charge in [0, 0.05) is 0 Å². The molecule has 4 N–H and O–H groups in total. The molecule has 0 aromatic heterocycles. The van der Waals surface area contributed by atoms with E-state index in [2.05, 4.69) is 23.7 Å². The summed E-state index contributed by atoms with van der Waals surface area (Å²) in [6.07, 6.45) is -1.77. The molecule has 0 amide bonds. The van der Waals surface area contributed by atoms with Crippen molar-refractivity contribution in [1.29, 1.82) is 0 Å². The molecule has 0 fully saturated rings. The molecule has 2 atom stereocenters. The van der Waals surface area contributed by atoms with Crippen LogP contribution < -0.4 is 0 Å². The average molecular weight is 258 g/mol. The fourth-order valence-corrected chi connectivity index (χ4v) is 0.758. The molecule has 0 aromatic rings. The lowest BCUT2D eigenvalue weighted by atomic mass is 10.4. The number of hydrogen-bond donors (Lipinski definition) is 4. The molecule has 18 heavy (non-hydrogen) atoms. The fraction of sp³-hybridized carbons (Fsp3) is 0.667. The first-order valence-corrected chi connectivity index (χ1v) is 5.39. The Morgan fingerprint density at radius 1 is 0.778 bits per heavy atom. The molecule has 6 heteroatoms. The summed E-state index contributed by atoms with van der Waals surface area (Å²) >= 11 is 0. The van der Waals surface area contributed by atoms with Crippen molar-refractivity contribution >= 4 is 0 Å². The van der Waals surface area contributed by atoms with Gasteiger partial charge in [0.05, 0.1) is 26.4 Å². The Labute approximate surface area is 106 Å². The molecule has 0 aliphatic carbocycles. The van der Waals surface area contributed by atoms with Crippen LogP contribution >= 0.6 is 0 Å². The largest absolute Gasteiger partial charge is 0.394 e. The van der Waals surface area contributed by atoms with Crippen LogP contribution in [-0.4, -0.2) is 72.3 Å². The molecule has 0 radical (unpaired) electrons. The third kappa shape index (κ3) is 11.4. The highest BCUT2D eigenvalue weighted by Gasteiger charge is 1.99. The molecule has 6 nitrogen and oxygen atoms in total. The number of aliphatic hydroxyl groups excluding tert-OH is 4. The highest BCUT2D eigenvalue weighted by molar-refractivity contribution is 5.26. The van der Waals surface area contributed by atoms with Gasteiger partial charge in [-0.05, 0) is 11.8 Å². The standard InChI is InChI=1S/C12H18O6/c13-7-11(15)9-17-5-3-1-2-4-6-18-10-12(16)8-14/h11-16H,5-10H2. The summed E-state index contributed by atoms with van der Waals surface area (Å²) in [7, 11) is 0. The Kier molecular flexibility index (Phi) is 11.6. The van der Waals surface area contributed by atoms with Gasteiger partial charge in [0.1, 0.15) is 25.4 Å². The highest BCUT2D eigenvalue weighted by Crippen LogP contribution is 1.83. The molecule has 0 heterocycles. The molecular weight excluding hydrogens is 240 g/mol. The second kappa shape index (κ2) is 12.3. The maximum Gasteiger partial charge on any atom is 0.108 e. The van der Waals surface area contributed by atoms with E-state index in [0.29, 0.717) is 0 Å². The molecule has 0 spiro atoms. The second-order valence-electron chi connectivity index (χ2n) is 3.31. The van der Waals surface area contributed by atoms with Gasteiger partial charge in [0.15, 0.2) is 0 Å². The number of rotatable bonds is 8. The van der Waals surface area contributed by atoms with Crippen LogP contribution in [0.25, 0.3) is 0 Å². The normalized spacial score (nSPS) is 12.9. The molecule has 0 saturated carbocycles. The van der Waals surface area contributed by atoms with Gasteiger partial charge in [0.25, 0.3) is 0 Å². The molecule has 0 aliphatic heterocycles. The van der Waals surface area contributed by atoms with E-state index in [9.17, 15) is 0 Å². The third-order valence-electron chi connectivity index (χ3n) is 1.63. The summed E-state index contributed by atoms with van der Waals surface area (Å²) in [4.78, 5) is 0. The van der Waals surface area contributed by atoms with Crippen LogP contribution in [0.4, 0.5) is 0 Å². The molecule has 0 bridgehead atoms. The molecule has 102 valence electrons. The smallest absolute Gasteiger partial charge is 0.108 e.